The number of carbonyl (C=O) groups excluding carboxylic acids is 1. The Morgan fingerprint density at radius 3 is 2.48 bits per heavy atom. The average molecular weight is 331 g/mol. The fourth-order valence-corrected chi connectivity index (χ4v) is 5.36. The van der Waals surface area contributed by atoms with E-state index in [1.54, 1.807) is 0 Å². The number of fused-ring (bicyclic) bond motifs is 5. The predicted molar refractivity (Wildman–Crippen MR) is 101 cm³/mol. The molecular formula is C23H25NO. The standard InChI is InChI=1S/C23H25NO/c1-24-19-6-4-7-20(24)14-18(13-19)23(25)16-9-10-22-17(12-16)11-15-5-2-3-8-21(15)22/h2-3,5,8-10,12,18-20H,4,6-7,11,13-14H2,1H3. The number of ketones is 1. The van der Waals surface area contributed by atoms with Crippen LogP contribution >= 0.6 is 0 Å². The summed E-state index contributed by atoms with van der Waals surface area (Å²) in [4.78, 5) is 15.7. The minimum Gasteiger partial charge on any atom is -0.300 e. The van der Waals surface area contributed by atoms with Crippen molar-refractivity contribution < 1.29 is 4.79 Å². The van der Waals surface area contributed by atoms with Crippen LogP contribution in [0.3, 0.4) is 0 Å². The molecule has 0 amide bonds. The van der Waals surface area contributed by atoms with Crippen molar-refractivity contribution in [2.24, 2.45) is 5.92 Å². The molecule has 0 spiro atoms. The molecule has 0 aromatic heterocycles. The van der Waals surface area contributed by atoms with Crippen LogP contribution in [-0.2, 0) is 6.42 Å². The maximum absolute atomic E-state index is 13.2. The molecule has 2 bridgehead atoms. The summed E-state index contributed by atoms with van der Waals surface area (Å²) in [5, 5.41) is 0. The third-order valence-corrected chi connectivity index (χ3v) is 6.79. The van der Waals surface area contributed by atoms with Gasteiger partial charge in [0.05, 0.1) is 0 Å². The van der Waals surface area contributed by atoms with Crippen LogP contribution in [0.5, 0.6) is 0 Å². The molecule has 2 heterocycles. The molecule has 0 saturated carbocycles. The largest absolute Gasteiger partial charge is 0.300 e. The Balaban J connectivity index is 1.41. The first-order valence-corrected chi connectivity index (χ1v) is 9.68. The van der Waals surface area contributed by atoms with Gasteiger partial charge < -0.3 is 4.90 Å². The van der Waals surface area contributed by atoms with Gasteiger partial charge in [0, 0.05) is 23.6 Å². The highest BCUT2D eigenvalue weighted by molar-refractivity contribution is 5.99. The Morgan fingerprint density at radius 2 is 1.68 bits per heavy atom. The van der Waals surface area contributed by atoms with E-state index in [4.69, 9.17) is 0 Å². The zero-order valence-electron chi connectivity index (χ0n) is 14.9. The van der Waals surface area contributed by atoms with Gasteiger partial charge in [-0.3, -0.25) is 4.79 Å². The summed E-state index contributed by atoms with van der Waals surface area (Å²) in [5.41, 5.74) is 6.29. The lowest BCUT2D eigenvalue weighted by atomic mass is 9.76. The fourth-order valence-electron chi connectivity index (χ4n) is 5.36. The molecule has 5 rings (SSSR count). The van der Waals surface area contributed by atoms with Crippen molar-refractivity contribution in [3.05, 3.63) is 59.2 Å². The molecule has 2 aromatic rings. The van der Waals surface area contributed by atoms with Gasteiger partial charge >= 0.3 is 0 Å². The third kappa shape index (κ3) is 2.46. The maximum Gasteiger partial charge on any atom is 0.166 e. The molecule has 2 nitrogen and oxygen atoms in total. The number of hydrogen-bond acceptors (Lipinski definition) is 2. The molecule has 25 heavy (non-hydrogen) atoms. The molecule has 0 radical (unpaired) electrons. The van der Waals surface area contributed by atoms with Crippen molar-refractivity contribution in [3.8, 4) is 11.1 Å². The van der Waals surface area contributed by atoms with Crippen LogP contribution in [0.4, 0.5) is 0 Å². The van der Waals surface area contributed by atoms with Crippen LogP contribution in [-0.4, -0.2) is 29.8 Å². The van der Waals surface area contributed by atoms with Gasteiger partial charge in [0.1, 0.15) is 0 Å². The van der Waals surface area contributed by atoms with E-state index >= 15 is 0 Å². The normalized spacial score (nSPS) is 27.6. The van der Waals surface area contributed by atoms with E-state index in [2.05, 4.69) is 54.4 Å². The van der Waals surface area contributed by atoms with Crippen LogP contribution in [0.25, 0.3) is 11.1 Å². The lowest BCUT2D eigenvalue weighted by Crippen LogP contribution is -2.51. The van der Waals surface area contributed by atoms with Crippen LogP contribution < -0.4 is 0 Å². The summed E-state index contributed by atoms with van der Waals surface area (Å²) in [5.74, 6) is 0.595. The number of carbonyl (C=O) groups is 1. The second-order valence-electron chi connectivity index (χ2n) is 8.14. The maximum atomic E-state index is 13.2. The number of rotatable bonds is 2. The van der Waals surface area contributed by atoms with E-state index in [9.17, 15) is 4.79 Å². The summed E-state index contributed by atoms with van der Waals surface area (Å²) >= 11 is 0. The number of piperidine rings is 2. The summed E-state index contributed by atoms with van der Waals surface area (Å²) in [6.07, 6.45) is 6.90. The highest BCUT2D eigenvalue weighted by atomic mass is 16.1. The molecule has 2 fully saturated rings. The Kier molecular flexibility index (Phi) is 3.56. The third-order valence-electron chi connectivity index (χ3n) is 6.79. The topological polar surface area (TPSA) is 20.3 Å². The SMILES string of the molecule is CN1C2CCCC1CC(C(=O)c1ccc3c(c1)Cc1ccccc1-3)C2. The summed E-state index contributed by atoms with van der Waals surface area (Å²) < 4.78 is 0. The first-order valence-electron chi connectivity index (χ1n) is 9.68. The summed E-state index contributed by atoms with van der Waals surface area (Å²) in [6.45, 7) is 0. The molecule has 2 aromatic carbocycles. The Hall–Kier alpha value is -1.93. The predicted octanol–water partition coefficient (Wildman–Crippen LogP) is 4.70. The molecular weight excluding hydrogens is 306 g/mol. The van der Waals surface area contributed by atoms with Crippen LogP contribution in [0, 0.1) is 5.92 Å². The molecule has 3 aliphatic rings. The molecule has 2 aliphatic heterocycles. The van der Waals surface area contributed by atoms with Crippen molar-refractivity contribution in [1.82, 2.24) is 4.90 Å². The highest BCUT2D eigenvalue weighted by Crippen LogP contribution is 2.39. The van der Waals surface area contributed by atoms with Crippen molar-refractivity contribution in [1.29, 1.82) is 0 Å². The Bertz CT molecular complexity index is 826. The Labute approximate surface area is 149 Å². The fraction of sp³-hybridized carbons (Fsp3) is 0.435. The minimum absolute atomic E-state index is 0.216. The van der Waals surface area contributed by atoms with Crippen LogP contribution in [0.2, 0.25) is 0 Å². The van der Waals surface area contributed by atoms with E-state index in [0.29, 0.717) is 17.9 Å². The van der Waals surface area contributed by atoms with Gasteiger partial charge in [0.25, 0.3) is 0 Å². The van der Waals surface area contributed by atoms with E-state index in [1.807, 2.05) is 0 Å². The van der Waals surface area contributed by atoms with Crippen LogP contribution in [0.15, 0.2) is 42.5 Å². The zero-order valence-corrected chi connectivity index (χ0v) is 14.9. The number of benzene rings is 2. The number of Topliss-reactive ketones (excluding diaryl/α,β-unsaturated/α-hetero) is 1. The van der Waals surface area contributed by atoms with Gasteiger partial charge in [0.15, 0.2) is 5.78 Å². The van der Waals surface area contributed by atoms with E-state index in [-0.39, 0.29) is 5.92 Å². The summed E-state index contributed by atoms with van der Waals surface area (Å²) in [7, 11) is 2.25. The van der Waals surface area contributed by atoms with Gasteiger partial charge in [-0.2, -0.15) is 0 Å². The molecule has 2 atom stereocenters. The van der Waals surface area contributed by atoms with E-state index < -0.39 is 0 Å². The minimum atomic E-state index is 0.216. The molecule has 2 heteroatoms. The van der Waals surface area contributed by atoms with Gasteiger partial charge in [-0.05, 0) is 67.5 Å². The number of hydrogen-bond donors (Lipinski definition) is 0. The molecule has 2 unspecified atom stereocenters. The molecule has 2 saturated heterocycles. The van der Waals surface area contributed by atoms with Crippen LogP contribution in [0.1, 0.15) is 53.6 Å². The number of nitrogens with zero attached hydrogens (tertiary/aromatic N) is 1. The average Bonchev–Trinajstić information content (AvgIpc) is 2.98. The first kappa shape index (κ1) is 15.3. The highest BCUT2D eigenvalue weighted by Gasteiger charge is 2.39. The lowest BCUT2D eigenvalue weighted by molar-refractivity contribution is 0.0338. The van der Waals surface area contributed by atoms with Crippen molar-refractivity contribution in [2.75, 3.05) is 7.05 Å². The smallest absolute Gasteiger partial charge is 0.166 e. The molecule has 128 valence electrons. The zero-order chi connectivity index (χ0) is 17.0. The van der Waals surface area contributed by atoms with E-state index in [1.165, 1.54) is 41.5 Å². The lowest BCUT2D eigenvalue weighted by Gasteiger charge is -2.46. The monoisotopic (exact) mass is 331 g/mol. The van der Waals surface area contributed by atoms with Gasteiger partial charge in [-0.15, -0.1) is 0 Å². The second-order valence-corrected chi connectivity index (χ2v) is 8.14. The molecule has 1 aliphatic carbocycles. The summed E-state index contributed by atoms with van der Waals surface area (Å²) in [6, 6.07) is 16.2. The first-order chi connectivity index (χ1) is 12.2. The molecule has 0 N–H and O–H groups in total. The quantitative estimate of drug-likeness (QED) is 0.634. The van der Waals surface area contributed by atoms with Gasteiger partial charge in [0.2, 0.25) is 0 Å². The Morgan fingerprint density at radius 1 is 0.960 bits per heavy atom. The van der Waals surface area contributed by atoms with Crippen molar-refractivity contribution in [2.45, 2.75) is 50.6 Å². The van der Waals surface area contributed by atoms with Crippen molar-refractivity contribution >= 4 is 5.78 Å². The second kappa shape index (κ2) is 5.81. The van der Waals surface area contributed by atoms with Gasteiger partial charge in [-0.25, -0.2) is 0 Å². The van der Waals surface area contributed by atoms with E-state index in [0.717, 1.165) is 24.8 Å². The van der Waals surface area contributed by atoms with Crippen molar-refractivity contribution in [3.63, 3.8) is 0 Å². The van der Waals surface area contributed by atoms with Gasteiger partial charge in [-0.1, -0.05) is 42.8 Å².